The molecule has 4 aliphatic carbocycles. The minimum atomic E-state index is 0.0655. The van der Waals surface area contributed by atoms with Gasteiger partial charge in [-0.05, 0) is 75.7 Å². The number of nitrogens with one attached hydrogen (secondary N) is 2. The van der Waals surface area contributed by atoms with Gasteiger partial charge in [-0.1, -0.05) is 12.8 Å². The van der Waals surface area contributed by atoms with Gasteiger partial charge in [-0.15, -0.1) is 0 Å². The minimum absolute atomic E-state index is 0.0655. The molecule has 0 radical (unpaired) electrons. The largest absolute Gasteiger partial charge is 0.338 e. The minimum Gasteiger partial charge on any atom is -0.338 e. The second kappa shape index (κ2) is 6.55. The molecule has 4 rings (SSSR count). The molecule has 4 fully saturated rings. The molecule has 0 aromatic rings. The number of nitrogens with two attached hydrogens (primary N) is 1. The lowest BCUT2D eigenvalue weighted by atomic mass is 9.53. The van der Waals surface area contributed by atoms with Crippen molar-refractivity contribution < 1.29 is 4.79 Å². The number of urea groups is 1. The van der Waals surface area contributed by atoms with Crippen molar-refractivity contribution in [3.05, 3.63) is 0 Å². The van der Waals surface area contributed by atoms with Crippen LogP contribution in [-0.4, -0.2) is 24.7 Å². The normalized spacial score (nSPS) is 36.7. The fourth-order valence-electron chi connectivity index (χ4n) is 5.37. The third-order valence-corrected chi connectivity index (χ3v) is 5.83. The van der Waals surface area contributed by atoms with Gasteiger partial charge in [0.2, 0.25) is 0 Å². The van der Waals surface area contributed by atoms with Crippen molar-refractivity contribution in [2.45, 2.75) is 69.7 Å². The SMILES string of the molecule is NCCCCCCNC(=O)NC12CC3CC(CC(C3)C1)C2. The third-order valence-electron chi connectivity index (χ3n) is 5.83. The quantitative estimate of drug-likeness (QED) is 0.632. The van der Waals surface area contributed by atoms with E-state index in [1.165, 1.54) is 44.9 Å². The maximum atomic E-state index is 12.2. The molecule has 0 spiro atoms. The first kappa shape index (κ1) is 15.1. The number of hydrogen-bond acceptors (Lipinski definition) is 2. The van der Waals surface area contributed by atoms with E-state index < -0.39 is 0 Å². The van der Waals surface area contributed by atoms with Crippen molar-refractivity contribution in [1.82, 2.24) is 10.6 Å². The van der Waals surface area contributed by atoms with Gasteiger partial charge in [0.05, 0.1) is 0 Å². The first-order valence-electron chi connectivity index (χ1n) is 8.95. The molecule has 0 aliphatic heterocycles. The summed E-state index contributed by atoms with van der Waals surface area (Å²) >= 11 is 0. The third kappa shape index (κ3) is 3.71. The van der Waals surface area contributed by atoms with Crippen LogP contribution in [0.1, 0.15) is 64.2 Å². The highest BCUT2D eigenvalue weighted by atomic mass is 16.2. The van der Waals surface area contributed by atoms with Crippen LogP contribution in [-0.2, 0) is 0 Å². The molecule has 4 bridgehead atoms. The molecule has 0 saturated heterocycles. The number of unbranched alkanes of at least 4 members (excludes halogenated alkanes) is 3. The van der Waals surface area contributed by atoms with E-state index in [-0.39, 0.29) is 11.6 Å². The van der Waals surface area contributed by atoms with Gasteiger partial charge in [-0.2, -0.15) is 0 Å². The Kier molecular flexibility index (Phi) is 4.72. The molecular weight excluding hydrogens is 262 g/mol. The van der Waals surface area contributed by atoms with Crippen molar-refractivity contribution in [3.8, 4) is 0 Å². The van der Waals surface area contributed by atoms with Gasteiger partial charge in [0, 0.05) is 12.1 Å². The number of carbonyl (C=O) groups is 1. The second-order valence-corrected chi connectivity index (χ2v) is 7.78. The summed E-state index contributed by atoms with van der Waals surface area (Å²) in [5, 5.41) is 6.41. The highest BCUT2D eigenvalue weighted by Crippen LogP contribution is 2.55. The molecule has 2 amide bonds. The molecule has 120 valence electrons. The van der Waals surface area contributed by atoms with E-state index in [2.05, 4.69) is 10.6 Å². The van der Waals surface area contributed by atoms with Gasteiger partial charge in [0.1, 0.15) is 0 Å². The Labute approximate surface area is 128 Å². The van der Waals surface area contributed by atoms with Crippen molar-refractivity contribution in [2.24, 2.45) is 23.5 Å². The van der Waals surface area contributed by atoms with Crippen LogP contribution in [0, 0.1) is 17.8 Å². The van der Waals surface area contributed by atoms with Gasteiger partial charge in [0.25, 0.3) is 0 Å². The Balaban J connectivity index is 1.39. The van der Waals surface area contributed by atoms with E-state index in [0.29, 0.717) is 0 Å². The van der Waals surface area contributed by atoms with Crippen LogP contribution in [0.25, 0.3) is 0 Å². The van der Waals surface area contributed by atoms with E-state index >= 15 is 0 Å². The molecular formula is C17H31N3O. The average molecular weight is 293 g/mol. The Hall–Kier alpha value is -0.770. The lowest BCUT2D eigenvalue weighted by Gasteiger charge is -2.56. The topological polar surface area (TPSA) is 67.1 Å². The summed E-state index contributed by atoms with van der Waals surface area (Å²) in [6.07, 6.45) is 12.4. The molecule has 0 unspecified atom stereocenters. The predicted octanol–water partition coefficient (Wildman–Crippen LogP) is 2.77. The maximum absolute atomic E-state index is 12.2. The zero-order chi connectivity index (χ0) is 14.7. The molecule has 4 nitrogen and oxygen atoms in total. The molecule has 0 aromatic heterocycles. The van der Waals surface area contributed by atoms with Gasteiger partial charge in [0.15, 0.2) is 0 Å². The van der Waals surface area contributed by atoms with Crippen LogP contribution < -0.4 is 16.4 Å². The Morgan fingerprint density at radius 1 is 0.952 bits per heavy atom. The summed E-state index contributed by atoms with van der Waals surface area (Å²) in [6.45, 7) is 1.57. The van der Waals surface area contributed by atoms with Crippen LogP contribution in [0.5, 0.6) is 0 Å². The first-order valence-corrected chi connectivity index (χ1v) is 8.95. The van der Waals surface area contributed by atoms with E-state index in [0.717, 1.165) is 50.1 Å². The standard InChI is InChI=1S/C17H31N3O/c18-5-3-1-2-4-6-19-16(21)20-17-10-13-7-14(11-17)9-15(8-13)12-17/h13-15H,1-12,18H2,(H2,19,20,21). The van der Waals surface area contributed by atoms with Crippen LogP contribution in [0.2, 0.25) is 0 Å². The van der Waals surface area contributed by atoms with Gasteiger partial charge in [-0.3, -0.25) is 0 Å². The predicted molar refractivity (Wildman–Crippen MR) is 85.0 cm³/mol. The maximum Gasteiger partial charge on any atom is 0.315 e. The van der Waals surface area contributed by atoms with Gasteiger partial charge in [-0.25, -0.2) is 4.79 Å². The highest BCUT2D eigenvalue weighted by Gasteiger charge is 2.51. The first-order chi connectivity index (χ1) is 10.2. The number of amides is 2. The zero-order valence-electron chi connectivity index (χ0n) is 13.2. The zero-order valence-corrected chi connectivity index (χ0v) is 13.2. The fraction of sp³-hybridized carbons (Fsp3) is 0.941. The Bertz CT molecular complexity index is 334. The molecule has 4 aliphatic rings. The molecule has 0 atom stereocenters. The van der Waals surface area contributed by atoms with Gasteiger partial charge >= 0.3 is 6.03 Å². The molecule has 4 saturated carbocycles. The number of carbonyl (C=O) groups excluding carboxylic acids is 1. The summed E-state index contributed by atoms with van der Waals surface area (Å²) in [7, 11) is 0. The van der Waals surface area contributed by atoms with Crippen molar-refractivity contribution in [3.63, 3.8) is 0 Å². The summed E-state index contributed by atoms with van der Waals surface area (Å²) in [4.78, 5) is 12.2. The highest BCUT2D eigenvalue weighted by molar-refractivity contribution is 5.74. The lowest BCUT2D eigenvalue weighted by molar-refractivity contribution is -0.0135. The summed E-state index contributed by atoms with van der Waals surface area (Å²) in [5.74, 6) is 2.65. The smallest absolute Gasteiger partial charge is 0.315 e. The average Bonchev–Trinajstić information content (AvgIpc) is 2.40. The monoisotopic (exact) mass is 293 g/mol. The van der Waals surface area contributed by atoms with E-state index in [1.54, 1.807) is 0 Å². The number of hydrogen-bond donors (Lipinski definition) is 3. The Morgan fingerprint density at radius 3 is 2.10 bits per heavy atom. The number of rotatable bonds is 7. The van der Waals surface area contributed by atoms with Crippen LogP contribution in [0.3, 0.4) is 0 Å². The molecule has 4 heteroatoms. The summed E-state index contributed by atoms with van der Waals surface area (Å²) in [5.41, 5.74) is 5.61. The van der Waals surface area contributed by atoms with Crippen LogP contribution >= 0.6 is 0 Å². The van der Waals surface area contributed by atoms with Crippen molar-refractivity contribution in [1.29, 1.82) is 0 Å². The van der Waals surface area contributed by atoms with Crippen LogP contribution in [0.4, 0.5) is 4.79 Å². The lowest BCUT2D eigenvalue weighted by Crippen LogP contribution is -2.61. The molecule has 0 heterocycles. The van der Waals surface area contributed by atoms with Gasteiger partial charge < -0.3 is 16.4 Å². The van der Waals surface area contributed by atoms with E-state index in [4.69, 9.17) is 5.73 Å². The summed E-state index contributed by atoms with van der Waals surface area (Å²) in [6, 6.07) is 0.0655. The fourth-order valence-corrected chi connectivity index (χ4v) is 5.37. The molecule has 0 aromatic carbocycles. The van der Waals surface area contributed by atoms with E-state index in [9.17, 15) is 4.79 Å². The molecule has 4 N–H and O–H groups in total. The summed E-state index contributed by atoms with van der Waals surface area (Å²) < 4.78 is 0. The van der Waals surface area contributed by atoms with Crippen LogP contribution in [0.15, 0.2) is 0 Å². The van der Waals surface area contributed by atoms with Crippen molar-refractivity contribution >= 4 is 6.03 Å². The second-order valence-electron chi connectivity index (χ2n) is 7.78. The van der Waals surface area contributed by atoms with Crippen molar-refractivity contribution in [2.75, 3.05) is 13.1 Å². The molecule has 21 heavy (non-hydrogen) atoms. The Morgan fingerprint density at radius 2 is 1.52 bits per heavy atom. The van der Waals surface area contributed by atoms with E-state index in [1.807, 2.05) is 0 Å².